The number of hydrogen-bond acceptors (Lipinski definition) is 5. The van der Waals surface area contributed by atoms with E-state index in [0.29, 0.717) is 18.4 Å². The predicted octanol–water partition coefficient (Wildman–Crippen LogP) is 3.61. The van der Waals surface area contributed by atoms with E-state index in [1.54, 1.807) is 13.3 Å². The number of aromatic nitrogens is 3. The average Bonchev–Trinajstić information content (AvgIpc) is 3.06. The molecule has 4 aliphatic rings. The minimum Gasteiger partial charge on any atom is -0.497 e. The number of ether oxygens (including phenoxy) is 1. The van der Waals surface area contributed by atoms with E-state index < -0.39 is 0 Å². The number of nitrogens with zero attached hydrogens (tertiary/aromatic N) is 4. The molecule has 0 spiro atoms. The molecule has 2 aromatic heterocycles. The number of aryl methyl sites for hydroxylation is 1. The molecule has 3 saturated heterocycles. The normalized spacial score (nSPS) is 26.4. The van der Waals surface area contributed by atoms with Crippen LogP contribution in [-0.4, -0.2) is 46.4 Å². The summed E-state index contributed by atoms with van der Waals surface area (Å²) >= 11 is 0. The van der Waals surface area contributed by atoms with Gasteiger partial charge in [0, 0.05) is 23.7 Å². The van der Waals surface area contributed by atoms with Gasteiger partial charge in [0.25, 0.3) is 5.56 Å². The fourth-order valence-electron chi connectivity index (χ4n) is 6.33. The van der Waals surface area contributed by atoms with Crippen molar-refractivity contribution in [3.63, 3.8) is 0 Å². The van der Waals surface area contributed by atoms with Gasteiger partial charge in [0.2, 0.25) is 0 Å². The zero-order valence-electron chi connectivity index (χ0n) is 18.7. The van der Waals surface area contributed by atoms with Crippen LogP contribution in [0.1, 0.15) is 48.4 Å². The molecule has 32 heavy (non-hydrogen) atoms. The molecular formula is C26H30N4O2. The Morgan fingerprint density at radius 2 is 1.91 bits per heavy atom. The van der Waals surface area contributed by atoms with Crippen LogP contribution in [0.3, 0.4) is 0 Å². The van der Waals surface area contributed by atoms with Crippen molar-refractivity contribution in [3.8, 4) is 5.75 Å². The summed E-state index contributed by atoms with van der Waals surface area (Å²) in [6, 6.07) is 10.1. The molecule has 0 saturated carbocycles. The van der Waals surface area contributed by atoms with Crippen molar-refractivity contribution in [1.82, 2.24) is 19.7 Å². The van der Waals surface area contributed by atoms with Crippen molar-refractivity contribution < 1.29 is 4.74 Å². The molecule has 2 bridgehead atoms. The summed E-state index contributed by atoms with van der Waals surface area (Å²) in [5, 5.41) is 6.02. The lowest BCUT2D eigenvalue weighted by Gasteiger charge is -2.46. The summed E-state index contributed by atoms with van der Waals surface area (Å²) in [6.07, 6.45) is 7.37. The lowest BCUT2D eigenvalue weighted by Crippen LogP contribution is -2.47. The first-order chi connectivity index (χ1) is 15.7. The largest absolute Gasteiger partial charge is 0.497 e. The van der Waals surface area contributed by atoms with Crippen molar-refractivity contribution in [1.29, 1.82) is 0 Å². The van der Waals surface area contributed by atoms with Crippen LogP contribution >= 0.6 is 0 Å². The van der Waals surface area contributed by atoms with E-state index in [2.05, 4.69) is 22.0 Å². The summed E-state index contributed by atoms with van der Waals surface area (Å²) < 4.78 is 7.33. The number of benzene rings is 1. The third-order valence-corrected chi connectivity index (χ3v) is 8.00. The first-order valence-corrected chi connectivity index (χ1v) is 11.9. The summed E-state index contributed by atoms with van der Waals surface area (Å²) in [5.41, 5.74) is 4.11. The highest BCUT2D eigenvalue weighted by atomic mass is 16.5. The molecule has 2 unspecified atom stereocenters. The Morgan fingerprint density at radius 3 is 2.62 bits per heavy atom. The summed E-state index contributed by atoms with van der Waals surface area (Å²) in [5.74, 6) is 2.68. The van der Waals surface area contributed by atoms with Gasteiger partial charge in [-0.05, 0) is 86.7 Å². The van der Waals surface area contributed by atoms with Crippen molar-refractivity contribution >= 4 is 10.9 Å². The Balaban J connectivity index is 1.37. The number of fused-ring (bicyclic) bond motifs is 3. The van der Waals surface area contributed by atoms with Gasteiger partial charge in [0.15, 0.2) is 0 Å². The summed E-state index contributed by atoms with van der Waals surface area (Å²) in [6.45, 7) is 4.39. The average molecular weight is 431 g/mol. The number of methoxy groups -OCH3 is 1. The smallest absolute Gasteiger partial charge is 0.273 e. The highest BCUT2D eigenvalue weighted by Gasteiger charge is 2.37. The maximum absolute atomic E-state index is 13.1. The second-order valence-electron chi connectivity index (χ2n) is 9.75. The Kier molecular flexibility index (Phi) is 4.98. The van der Waals surface area contributed by atoms with Crippen LogP contribution in [0.5, 0.6) is 5.75 Å². The van der Waals surface area contributed by atoms with Crippen LogP contribution in [0, 0.1) is 11.8 Å². The fourth-order valence-corrected chi connectivity index (χ4v) is 6.33. The quantitative estimate of drug-likeness (QED) is 0.619. The van der Waals surface area contributed by atoms with Gasteiger partial charge in [0.05, 0.1) is 24.9 Å². The van der Waals surface area contributed by atoms with E-state index >= 15 is 0 Å². The minimum absolute atomic E-state index is 0.0591. The van der Waals surface area contributed by atoms with Gasteiger partial charge in [0.1, 0.15) is 5.75 Å². The van der Waals surface area contributed by atoms with Gasteiger partial charge in [-0.1, -0.05) is 12.1 Å². The van der Waals surface area contributed by atoms with E-state index in [4.69, 9.17) is 9.84 Å². The monoisotopic (exact) mass is 430 g/mol. The van der Waals surface area contributed by atoms with Crippen molar-refractivity contribution in [2.24, 2.45) is 11.8 Å². The summed E-state index contributed by atoms with van der Waals surface area (Å²) in [4.78, 5) is 20.0. The maximum Gasteiger partial charge on any atom is 0.273 e. The van der Waals surface area contributed by atoms with Crippen LogP contribution in [-0.2, 0) is 13.0 Å². The van der Waals surface area contributed by atoms with Gasteiger partial charge in [-0.15, -0.1) is 0 Å². The first-order valence-electron chi connectivity index (χ1n) is 11.9. The van der Waals surface area contributed by atoms with Crippen molar-refractivity contribution in [2.45, 2.75) is 44.6 Å². The SMILES string of the molecule is COc1ccc(Cn2nc3c4c(c(=O)nccc42)C(CC2CN4CCC2CC4)CC3)cc1. The second kappa shape index (κ2) is 8.00. The minimum atomic E-state index is -0.0591. The molecule has 2 atom stereocenters. The highest BCUT2D eigenvalue weighted by molar-refractivity contribution is 5.86. The van der Waals surface area contributed by atoms with E-state index in [1.807, 2.05) is 22.9 Å². The first kappa shape index (κ1) is 19.9. The second-order valence-corrected chi connectivity index (χ2v) is 9.75. The number of rotatable bonds is 5. The van der Waals surface area contributed by atoms with Crippen LogP contribution in [0.4, 0.5) is 0 Å². The maximum atomic E-state index is 13.1. The van der Waals surface area contributed by atoms with Crippen LogP contribution < -0.4 is 10.3 Å². The fraction of sp³-hybridized carbons (Fsp3) is 0.500. The topological polar surface area (TPSA) is 60.3 Å². The Hall–Kier alpha value is -2.73. The van der Waals surface area contributed by atoms with E-state index in [9.17, 15) is 4.79 Å². The van der Waals surface area contributed by atoms with Gasteiger partial charge >= 0.3 is 0 Å². The molecule has 7 rings (SSSR count). The molecule has 1 aliphatic carbocycles. The molecule has 1 aromatic carbocycles. The van der Waals surface area contributed by atoms with Gasteiger partial charge < -0.3 is 9.64 Å². The Labute approximate surface area is 188 Å². The van der Waals surface area contributed by atoms with E-state index in [-0.39, 0.29) is 5.56 Å². The van der Waals surface area contributed by atoms with Gasteiger partial charge in [-0.2, -0.15) is 5.10 Å². The Morgan fingerprint density at radius 1 is 1.09 bits per heavy atom. The lowest BCUT2D eigenvalue weighted by atomic mass is 9.72. The third kappa shape index (κ3) is 3.41. The van der Waals surface area contributed by atoms with E-state index in [1.165, 1.54) is 32.5 Å². The van der Waals surface area contributed by atoms with Crippen LogP contribution in [0.2, 0.25) is 0 Å². The zero-order chi connectivity index (χ0) is 21.7. The molecule has 5 heterocycles. The molecular weight excluding hydrogens is 400 g/mol. The number of piperidine rings is 3. The van der Waals surface area contributed by atoms with E-state index in [0.717, 1.165) is 58.7 Å². The number of hydrogen-bond donors (Lipinski definition) is 0. The third-order valence-electron chi connectivity index (χ3n) is 8.00. The predicted molar refractivity (Wildman–Crippen MR) is 124 cm³/mol. The van der Waals surface area contributed by atoms with Crippen molar-refractivity contribution in [2.75, 3.05) is 26.7 Å². The highest BCUT2D eigenvalue weighted by Crippen LogP contribution is 2.42. The summed E-state index contributed by atoms with van der Waals surface area (Å²) in [7, 11) is 1.68. The molecule has 166 valence electrons. The molecule has 6 heteroatoms. The molecule has 0 amide bonds. The molecule has 6 nitrogen and oxygen atoms in total. The molecule has 3 aromatic rings. The standard InChI is InChI=1S/C26H30N4O2/c1-32-21-5-2-17(3-6-21)15-30-23-8-11-27-26(31)24-19(4-7-22(28-30)25(23)24)14-20-16-29-12-9-18(20)10-13-29/h2-3,5-6,8,11,18-20H,4,7,9-10,12-16H2,1H3. The van der Waals surface area contributed by atoms with Crippen molar-refractivity contribution in [3.05, 3.63) is 63.7 Å². The zero-order valence-corrected chi connectivity index (χ0v) is 18.7. The van der Waals surface area contributed by atoms with Crippen LogP contribution in [0.25, 0.3) is 10.9 Å². The molecule has 0 radical (unpaired) electrons. The van der Waals surface area contributed by atoms with Crippen LogP contribution in [0.15, 0.2) is 41.3 Å². The molecule has 3 fully saturated rings. The Bertz CT molecular complexity index is 1190. The molecule has 0 N–H and O–H groups in total. The van der Waals surface area contributed by atoms with Gasteiger partial charge in [-0.25, -0.2) is 4.98 Å². The van der Waals surface area contributed by atoms with Gasteiger partial charge in [-0.3, -0.25) is 9.48 Å². The lowest BCUT2D eigenvalue weighted by molar-refractivity contribution is 0.0425. The molecule has 3 aliphatic heterocycles.